The number of hydrogen-bond acceptors (Lipinski definition) is 1. The molecular weight excluding hydrogens is 324 g/mol. The van der Waals surface area contributed by atoms with E-state index >= 15 is 0 Å². The molecule has 0 heterocycles. The largest absolute Gasteiger partial charge is 0.326 e. The van der Waals surface area contributed by atoms with E-state index in [1.807, 2.05) is 6.07 Å². The Kier molecular flexibility index (Phi) is 3.27. The van der Waals surface area contributed by atoms with Crippen LogP contribution in [0.2, 0.25) is 0 Å². The minimum atomic E-state index is -0.244. The average Bonchev–Trinajstić information content (AvgIpc) is 1.85. The van der Waals surface area contributed by atoms with Gasteiger partial charge in [-0.2, -0.15) is 0 Å². The van der Waals surface area contributed by atoms with Crippen molar-refractivity contribution in [2.24, 2.45) is 5.73 Å². The molecule has 0 aliphatic rings. The van der Waals surface area contributed by atoms with E-state index in [0.29, 0.717) is 5.56 Å². The number of benzene rings is 1. The monoisotopic (exact) mass is 329 g/mol. The molecule has 0 aliphatic heterocycles. The molecule has 0 spiro atoms. The lowest BCUT2D eigenvalue weighted by Gasteiger charge is -2.02. The quantitative estimate of drug-likeness (QED) is 0.788. The second kappa shape index (κ2) is 3.82. The van der Waals surface area contributed by atoms with Gasteiger partial charge in [0.05, 0.1) is 0 Å². The summed E-state index contributed by atoms with van der Waals surface area (Å²) in [5.41, 5.74) is 5.86. The van der Waals surface area contributed by atoms with E-state index < -0.39 is 0 Å². The zero-order valence-corrected chi connectivity index (χ0v) is 9.32. The lowest BCUT2D eigenvalue weighted by molar-refractivity contribution is 0.608. The highest BCUT2D eigenvalue weighted by atomic mass is 127. The van der Waals surface area contributed by atoms with Gasteiger partial charge in [0, 0.05) is 20.2 Å². The van der Waals surface area contributed by atoms with Crippen LogP contribution in [0.5, 0.6) is 0 Å². The molecule has 1 aromatic carbocycles. The van der Waals surface area contributed by atoms with Gasteiger partial charge in [-0.3, -0.25) is 0 Å². The van der Waals surface area contributed by atoms with Crippen LogP contribution >= 0.6 is 38.5 Å². The third-order valence-electron chi connectivity index (χ3n) is 1.31. The maximum atomic E-state index is 13.0. The van der Waals surface area contributed by atoms with Gasteiger partial charge < -0.3 is 5.73 Å². The van der Waals surface area contributed by atoms with Crippen molar-refractivity contribution < 1.29 is 4.39 Å². The minimum Gasteiger partial charge on any atom is -0.326 e. The normalized spacial score (nSPS) is 10.2. The fraction of sp³-hybridized carbons (Fsp3) is 0.143. The fourth-order valence-corrected chi connectivity index (χ4v) is 2.38. The molecular formula is C7H6BrFIN. The second-order valence-corrected chi connectivity index (χ2v) is 4.15. The van der Waals surface area contributed by atoms with Crippen molar-refractivity contribution >= 4 is 38.5 Å². The Bertz CT molecular complexity index is 254. The highest BCUT2D eigenvalue weighted by Crippen LogP contribution is 2.22. The van der Waals surface area contributed by atoms with E-state index in [9.17, 15) is 4.39 Å². The Morgan fingerprint density at radius 1 is 1.55 bits per heavy atom. The Morgan fingerprint density at radius 2 is 2.18 bits per heavy atom. The van der Waals surface area contributed by atoms with Crippen molar-refractivity contribution in [2.45, 2.75) is 6.54 Å². The van der Waals surface area contributed by atoms with E-state index in [2.05, 4.69) is 38.5 Å². The van der Waals surface area contributed by atoms with Crippen LogP contribution in [0, 0.1) is 9.39 Å². The van der Waals surface area contributed by atoms with Crippen LogP contribution in [-0.2, 0) is 6.54 Å². The molecule has 0 amide bonds. The molecule has 1 aromatic rings. The van der Waals surface area contributed by atoms with Crippen LogP contribution < -0.4 is 5.73 Å². The summed E-state index contributed by atoms with van der Waals surface area (Å²) in [7, 11) is 0. The topological polar surface area (TPSA) is 26.0 Å². The van der Waals surface area contributed by atoms with E-state index in [-0.39, 0.29) is 12.4 Å². The first-order valence-electron chi connectivity index (χ1n) is 2.98. The Hall–Kier alpha value is 0.320. The molecule has 0 aliphatic carbocycles. The number of nitrogens with two attached hydrogens (primary N) is 1. The van der Waals surface area contributed by atoms with E-state index in [4.69, 9.17) is 5.73 Å². The fourth-order valence-electron chi connectivity index (χ4n) is 0.767. The number of halogens is 3. The number of rotatable bonds is 1. The summed E-state index contributed by atoms with van der Waals surface area (Å²) < 4.78 is 14.6. The third kappa shape index (κ3) is 2.13. The van der Waals surface area contributed by atoms with Gasteiger partial charge in [-0.25, -0.2) is 4.39 Å². The van der Waals surface area contributed by atoms with Gasteiger partial charge in [-0.05, 0) is 34.7 Å². The van der Waals surface area contributed by atoms with Gasteiger partial charge in [-0.1, -0.05) is 15.9 Å². The Morgan fingerprint density at radius 3 is 2.64 bits per heavy atom. The molecule has 0 bridgehead atoms. The maximum absolute atomic E-state index is 13.0. The minimum absolute atomic E-state index is 0.226. The molecule has 0 saturated carbocycles. The van der Waals surface area contributed by atoms with Crippen molar-refractivity contribution in [1.82, 2.24) is 0 Å². The van der Waals surface area contributed by atoms with Gasteiger partial charge >= 0.3 is 0 Å². The first kappa shape index (κ1) is 9.41. The first-order valence-corrected chi connectivity index (χ1v) is 4.86. The summed E-state index contributed by atoms with van der Waals surface area (Å²) in [6, 6.07) is 3.30. The van der Waals surface area contributed by atoms with Gasteiger partial charge in [0.1, 0.15) is 5.82 Å². The predicted molar refractivity (Wildman–Crippen MR) is 54.7 cm³/mol. The van der Waals surface area contributed by atoms with Crippen molar-refractivity contribution in [3.8, 4) is 0 Å². The van der Waals surface area contributed by atoms with Gasteiger partial charge in [0.25, 0.3) is 0 Å². The molecule has 4 heteroatoms. The van der Waals surface area contributed by atoms with Gasteiger partial charge in [-0.15, -0.1) is 0 Å². The van der Waals surface area contributed by atoms with Crippen LogP contribution in [0.3, 0.4) is 0 Å². The summed E-state index contributed by atoms with van der Waals surface area (Å²) in [6.07, 6.45) is 0. The second-order valence-electron chi connectivity index (χ2n) is 2.05. The van der Waals surface area contributed by atoms with E-state index in [1.165, 1.54) is 6.07 Å². The van der Waals surface area contributed by atoms with E-state index in [0.717, 1.165) is 8.04 Å². The molecule has 1 rings (SSSR count). The van der Waals surface area contributed by atoms with E-state index in [1.54, 1.807) is 0 Å². The van der Waals surface area contributed by atoms with Crippen molar-refractivity contribution in [1.29, 1.82) is 0 Å². The molecule has 0 radical (unpaired) electrons. The Balaban J connectivity index is 3.25. The average molecular weight is 330 g/mol. The first-order chi connectivity index (χ1) is 5.15. The molecule has 0 fully saturated rings. The highest BCUT2D eigenvalue weighted by molar-refractivity contribution is 14.1. The van der Waals surface area contributed by atoms with Crippen molar-refractivity contribution in [3.63, 3.8) is 0 Å². The zero-order chi connectivity index (χ0) is 8.43. The Labute approximate surface area is 86.4 Å². The molecule has 2 N–H and O–H groups in total. The standard InChI is InChI=1S/C7H6BrFIN/c8-6-1-4(10)2-7(9)5(6)3-11/h1-2H,3,11H2. The SMILES string of the molecule is NCc1c(F)cc(I)cc1Br. The summed E-state index contributed by atoms with van der Waals surface area (Å²) in [4.78, 5) is 0. The molecule has 60 valence electrons. The van der Waals surface area contributed by atoms with Crippen LogP contribution in [0.15, 0.2) is 16.6 Å². The lowest BCUT2D eigenvalue weighted by atomic mass is 10.2. The van der Waals surface area contributed by atoms with Crippen molar-refractivity contribution in [2.75, 3.05) is 0 Å². The summed E-state index contributed by atoms with van der Waals surface area (Å²) in [6.45, 7) is 0.226. The van der Waals surface area contributed by atoms with Gasteiger partial charge in [0.2, 0.25) is 0 Å². The smallest absolute Gasteiger partial charge is 0.129 e. The zero-order valence-electron chi connectivity index (χ0n) is 5.57. The van der Waals surface area contributed by atoms with Crippen LogP contribution in [-0.4, -0.2) is 0 Å². The molecule has 0 aromatic heterocycles. The van der Waals surface area contributed by atoms with Crippen molar-refractivity contribution in [3.05, 3.63) is 31.6 Å². The summed E-state index contributed by atoms with van der Waals surface area (Å²) >= 11 is 5.29. The number of hydrogen-bond donors (Lipinski definition) is 1. The molecule has 0 atom stereocenters. The lowest BCUT2D eigenvalue weighted by Crippen LogP contribution is -2.01. The molecule has 0 unspecified atom stereocenters. The maximum Gasteiger partial charge on any atom is 0.129 e. The predicted octanol–water partition coefficient (Wildman–Crippen LogP) is 2.65. The van der Waals surface area contributed by atoms with Gasteiger partial charge in [0.15, 0.2) is 0 Å². The third-order valence-corrected chi connectivity index (χ3v) is 2.64. The van der Waals surface area contributed by atoms with Crippen LogP contribution in [0.4, 0.5) is 4.39 Å². The molecule has 0 saturated heterocycles. The highest BCUT2D eigenvalue weighted by Gasteiger charge is 2.05. The van der Waals surface area contributed by atoms with Crippen LogP contribution in [0.1, 0.15) is 5.56 Å². The van der Waals surface area contributed by atoms with Crippen LogP contribution in [0.25, 0.3) is 0 Å². The summed E-state index contributed by atoms with van der Waals surface area (Å²) in [5, 5.41) is 0. The summed E-state index contributed by atoms with van der Waals surface area (Å²) in [5.74, 6) is -0.244. The molecule has 11 heavy (non-hydrogen) atoms. The molecule has 1 nitrogen and oxygen atoms in total.